The second kappa shape index (κ2) is 8.72. The summed E-state index contributed by atoms with van der Waals surface area (Å²) in [5.41, 5.74) is 1.17. The Balaban J connectivity index is 1.93. The van der Waals surface area contributed by atoms with Crippen molar-refractivity contribution in [3.63, 3.8) is 0 Å². The van der Waals surface area contributed by atoms with E-state index in [2.05, 4.69) is 0 Å². The lowest BCUT2D eigenvalue weighted by atomic mass is 10.2. The molecule has 15 heavy (non-hydrogen) atoms. The quantitative estimate of drug-likeness (QED) is 0.387. The zero-order valence-electron chi connectivity index (χ0n) is 8.82. The second-order valence-corrected chi connectivity index (χ2v) is 3.63. The van der Waals surface area contributed by atoms with Crippen LogP contribution in [-0.2, 0) is 16.1 Å². The first kappa shape index (κ1) is 12.5. The third-order valence-electron chi connectivity index (χ3n) is 1.95. The molecule has 0 aliphatic carbocycles. The highest BCUT2D eigenvalue weighted by Gasteiger charge is 1.92. The molecule has 0 bridgehead atoms. The van der Waals surface area contributed by atoms with Crippen LogP contribution in [0.15, 0.2) is 30.3 Å². The van der Waals surface area contributed by atoms with Gasteiger partial charge in [-0.05, 0) is 18.4 Å². The van der Waals surface area contributed by atoms with Gasteiger partial charge < -0.3 is 9.47 Å². The molecule has 84 valence electrons. The summed E-state index contributed by atoms with van der Waals surface area (Å²) < 4.78 is 10.6. The largest absolute Gasteiger partial charge is 0.355 e. The van der Waals surface area contributed by atoms with E-state index >= 15 is 0 Å². The van der Waals surface area contributed by atoms with Crippen molar-refractivity contribution >= 4 is 11.6 Å². The van der Waals surface area contributed by atoms with Gasteiger partial charge in [0.2, 0.25) is 0 Å². The van der Waals surface area contributed by atoms with Crippen molar-refractivity contribution in [1.82, 2.24) is 0 Å². The number of rotatable bonds is 8. The Labute approximate surface area is 96.2 Å². The standard InChI is InChI=1S/C12H17ClO2/c13-8-4-5-9-14-11-15-10-12-6-2-1-3-7-12/h1-3,6-7H,4-5,8-11H2. The number of alkyl halides is 1. The molecular weight excluding hydrogens is 212 g/mol. The molecule has 0 atom stereocenters. The van der Waals surface area contributed by atoms with Crippen molar-refractivity contribution in [3.8, 4) is 0 Å². The van der Waals surface area contributed by atoms with E-state index in [9.17, 15) is 0 Å². The van der Waals surface area contributed by atoms with Crippen molar-refractivity contribution in [1.29, 1.82) is 0 Å². The van der Waals surface area contributed by atoms with Gasteiger partial charge in [0.05, 0.1) is 6.61 Å². The fourth-order valence-electron chi connectivity index (χ4n) is 1.15. The molecule has 0 N–H and O–H groups in total. The van der Waals surface area contributed by atoms with Crippen LogP contribution in [0.4, 0.5) is 0 Å². The van der Waals surface area contributed by atoms with Gasteiger partial charge >= 0.3 is 0 Å². The molecule has 3 heteroatoms. The van der Waals surface area contributed by atoms with Crippen LogP contribution in [0.25, 0.3) is 0 Å². The van der Waals surface area contributed by atoms with Crippen LogP contribution in [0.3, 0.4) is 0 Å². The lowest BCUT2D eigenvalue weighted by molar-refractivity contribution is -0.0620. The summed E-state index contributed by atoms with van der Waals surface area (Å²) in [6.07, 6.45) is 2.00. The first-order valence-corrected chi connectivity index (χ1v) is 5.72. The SMILES string of the molecule is ClCCCCOCOCc1ccccc1. The zero-order chi connectivity index (χ0) is 10.8. The highest BCUT2D eigenvalue weighted by molar-refractivity contribution is 6.17. The molecular formula is C12H17ClO2. The van der Waals surface area contributed by atoms with Crippen LogP contribution in [0.2, 0.25) is 0 Å². The van der Waals surface area contributed by atoms with Gasteiger partial charge in [-0.2, -0.15) is 0 Å². The average Bonchev–Trinajstić information content (AvgIpc) is 2.29. The van der Waals surface area contributed by atoms with Crippen molar-refractivity contribution < 1.29 is 9.47 Å². The molecule has 0 spiro atoms. The summed E-state index contributed by atoms with van der Waals surface area (Å²) in [7, 11) is 0. The molecule has 0 aromatic heterocycles. The molecule has 1 aromatic carbocycles. The fraction of sp³-hybridized carbons (Fsp3) is 0.500. The minimum absolute atomic E-state index is 0.358. The molecule has 0 aliphatic heterocycles. The van der Waals surface area contributed by atoms with E-state index in [0.717, 1.165) is 19.4 Å². The lowest BCUT2D eigenvalue weighted by Crippen LogP contribution is -2.01. The number of benzene rings is 1. The summed E-state index contributed by atoms with van der Waals surface area (Å²) in [5, 5.41) is 0. The Morgan fingerprint density at radius 1 is 1.00 bits per heavy atom. The number of unbranched alkanes of at least 4 members (excludes halogenated alkanes) is 1. The van der Waals surface area contributed by atoms with E-state index in [1.54, 1.807) is 0 Å². The molecule has 0 saturated carbocycles. The Hall–Kier alpha value is -0.570. The zero-order valence-corrected chi connectivity index (χ0v) is 9.58. The summed E-state index contributed by atoms with van der Waals surface area (Å²) >= 11 is 5.53. The minimum atomic E-state index is 0.358. The van der Waals surface area contributed by atoms with E-state index in [1.165, 1.54) is 5.56 Å². The normalized spacial score (nSPS) is 10.5. The Morgan fingerprint density at radius 3 is 2.53 bits per heavy atom. The van der Waals surface area contributed by atoms with Gasteiger partial charge in [-0.1, -0.05) is 30.3 Å². The fourth-order valence-corrected chi connectivity index (χ4v) is 1.34. The number of hydrogen-bond acceptors (Lipinski definition) is 2. The number of ether oxygens (including phenoxy) is 2. The van der Waals surface area contributed by atoms with E-state index in [0.29, 0.717) is 19.3 Å². The van der Waals surface area contributed by atoms with Crippen molar-refractivity contribution in [2.45, 2.75) is 19.4 Å². The van der Waals surface area contributed by atoms with Gasteiger partial charge in [-0.3, -0.25) is 0 Å². The predicted molar refractivity (Wildman–Crippen MR) is 62.0 cm³/mol. The summed E-state index contributed by atoms with van der Waals surface area (Å²) in [6, 6.07) is 10.1. The van der Waals surface area contributed by atoms with E-state index in [4.69, 9.17) is 21.1 Å². The minimum Gasteiger partial charge on any atom is -0.355 e. The molecule has 0 aliphatic rings. The summed E-state index contributed by atoms with van der Waals surface area (Å²) in [4.78, 5) is 0. The van der Waals surface area contributed by atoms with E-state index in [1.807, 2.05) is 30.3 Å². The van der Waals surface area contributed by atoms with Crippen LogP contribution in [0.1, 0.15) is 18.4 Å². The average molecular weight is 229 g/mol. The monoisotopic (exact) mass is 228 g/mol. The highest BCUT2D eigenvalue weighted by atomic mass is 35.5. The summed E-state index contributed by atoms with van der Waals surface area (Å²) in [5.74, 6) is 0.703. The van der Waals surface area contributed by atoms with Gasteiger partial charge in [0, 0.05) is 12.5 Å². The lowest BCUT2D eigenvalue weighted by Gasteiger charge is -2.05. The van der Waals surface area contributed by atoms with Gasteiger partial charge in [0.25, 0.3) is 0 Å². The topological polar surface area (TPSA) is 18.5 Å². The van der Waals surface area contributed by atoms with Crippen LogP contribution >= 0.6 is 11.6 Å². The molecule has 1 rings (SSSR count). The third kappa shape index (κ3) is 6.50. The van der Waals surface area contributed by atoms with Gasteiger partial charge in [0.15, 0.2) is 0 Å². The molecule has 0 saturated heterocycles. The molecule has 0 radical (unpaired) electrons. The maximum absolute atomic E-state index is 5.53. The van der Waals surface area contributed by atoms with Crippen LogP contribution in [0.5, 0.6) is 0 Å². The Kier molecular flexibility index (Phi) is 7.26. The predicted octanol–water partition coefficient (Wildman–Crippen LogP) is 3.20. The highest BCUT2D eigenvalue weighted by Crippen LogP contribution is 2.00. The van der Waals surface area contributed by atoms with Crippen molar-refractivity contribution in [2.24, 2.45) is 0 Å². The van der Waals surface area contributed by atoms with Gasteiger partial charge in [-0.15, -0.1) is 11.6 Å². The Morgan fingerprint density at radius 2 is 1.80 bits per heavy atom. The van der Waals surface area contributed by atoms with E-state index < -0.39 is 0 Å². The van der Waals surface area contributed by atoms with Gasteiger partial charge in [0.1, 0.15) is 6.79 Å². The molecule has 0 unspecified atom stereocenters. The summed E-state index contributed by atoms with van der Waals surface area (Å²) in [6.45, 7) is 1.69. The molecule has 1 aromatic rings. The third-order valence-corrected chi connectivity index (χ3v) is 2.22. The first-order valence-electron chi connectivity index (χ1n) is 5.19. The van der Waals surface area contributed by atoms with Crippen molar-refractivity contribution in [2.75, 3.05) is 19.3 Å². The van der Waals surface area contributed by atoms with Crippen LogP contribution in [0, 0.1) is 0 Å². The number of halogens is 1. The first-order chi connectivity index (χ1) is 7.43. The smallest absolute Gasteiger partial charge is 0.147 e. The van der Waals surface area contributed by atoms with Crippen LogP contribution < -0.4 is 0 Å². The molecule has 0 amide bonds. The maximum atomic E-state index is 5.53. The van der Waals surface area contributed by atoms with Gasteiger partial charge in [-0.25, -0.2) is 0 Å². The maximum Gasteiger partial charge on any atom is 0.147 e. The number of hydrogen-bond donors (Lipinski definition) is 0. The molecule has 0 heterocycles. The van der Waals surface area contributed by atoms with Crippen LogP contribution in [-0.4, -0.2) is 19.3 Å². The van der Waals surface area contributed by atoms with Crippen molar-refractivity contribution in [3.05, 3.63) is 35.9 Å². The van der Waals surface area contributed by atoms with E-state index in [-0.39, 0.29) is 0 Å². The second-order valence-electron chi connectivity index (χ2n) is 3.26. The molecule has 2 nitrogen and oxygen atoms in total. The Bertz CT molecular complexity index is 239. The molecule has 0 fully saturated rings.